The highest BCUT2D eigenvalue weighted by molar-refractivity contribution is 7.99. The highest BCUT2D eigenvalue weighted by Gasteiger charge is 2.22. The molecule has 0 spiro atoms. The number of rotatable bonds is 5. The van der Waals surface area contributed by atoms with Crippen molar-refractivity contribution in [3.05, 3.63) is 45.6 Å². The average Bonchev–Trinajstić information content (AvgIpc) is 3.13. The normalized spacial score (nSPS) is 19.4. The van der Waals surface area contributed by atoms with E-state index in [2.05, 4.69) is 16.9 Å². The summed E-state index contributed by atoms with van der Waals surface area (Å²) in [6.07, 6.45) is 4.13. The molecule has 0 unspecified atom stereocenters. The quantitative estimate of drug-likeness (QED) is 0.345. The van der Waals surface area contributed by atoms with Gasteiger partial charge in [0.25, 0.3) is 5.56 Å². The highest BCUT2D eigenvalue weighted by Crippen LogP contribution is 2.32. The van der Waals surface area contributed by atoms with Crippen LogP contribution in [0.1, 0.15) is 38.2 Å². The lowest BCUT2D eigenvalue weighted by Crippen LogP contribution is -2.24. The molecule has 1 aliphatic carbocycles. The molecule has 7 heteroatoms. The SMILES string of the molecule is Cc1ccc(-c2csc3nc(SCC(=O)OC4CCC(C)CC4)[nH]c(=O)c23)cc1. The molecule has 152 valence electrons. The number of hydrogen-bond donors (Lipinski definition) is 1. The molecule has 4 rings (SSSR count). The number of esters is 1. The highest BCUT2D eigenvalue weighted by atomic mass is 32.2. The van der Waals surface area contributed by atoms with E-state index in [1.807, 2.05) is 36.6 Å². The van der Waals surface area contributed by atoms with Crippen LogP contribution in [-0.4, -0.2) is 27.8 Å². The van der Waals surface area contributed by atoms with E-state index in [9.17, 15) is 9.59 Å². The Bertz CT molecular complexity index is 1060. The number of H-pyrrole nitrogens is 1. The maximum atomic E-state index is 12.7. The van der Waals surface area contributed by atoms with Crippen LogP contribution in [0.15, 0.2) is 39.6 Å². The molecular weight excluding hydrogens is 404 g/mol. The Morgan fingerprint density at radius 3 is 2.69 bits per heavy atom. The topological polar surface area (TPSA) is 72.0 Å². The van der Waals surface area contributed by atoms with E-state index in [1.165, 1.54) is 28.7 Å². The number of thiophene rings is 1. The predicted octanol–water partition coefficient (Wildman–Crippen LogP) is 5.17. The maximum Gasteiger partial charge on any atom is 0.316 e. The summed E-state index contributed by atoms with van der Waals surface area (Å²) in [7, 11) is 0. The van der Waals surface area contributed by atoms with Crippen molar-refractivity contribution in [3.63, 3.8) is 0 Å². The third-order valence-electron chi connectivity index (χ3n) is 5.37. The third kappa shape index (κ3) is 4.73. The lowest BCUT2D eigenvalue weighted by Gasteiger charge is -2.25. The van der Waals surface area contributed by atoms with E-state index < -0.39 is 0 Å². The first-order chi connectivity index (χ1) is 14.0. The minimum atomic E-state index is -0.246. The fourth-order valence-electron chi connectivity index (χ4n) is 3.64. The number of fused-ring (bicyclic) bond motifs is 1. The zero-order valence-electron chi connectivity index (χ0n) is 16.6. The second kappa shape index (κ2) is 8.71. The number of nitrogens with zero attached hydrogens (tertiary/aromatic N) is 1. The molecule has 5 nitrogen and oxygen atoms in total. The van der Waals surface area contributed by atoms with Gasteiger partial charge in [0.05, 0.1) is 11.1 Å². The van der Waals surface area contributed by atoms with E-state index in [1.54, 1.807) is 0 Å². The number of carbonyl (C=O) groups is 1. The first-order valence-electron chi connectivity index (χ1n) is 9.90. The van der Waals surface area contributed by atoms with Crippen molar-refractivity contribution in [3.8, 4) is 11.1 Å². The maximum absolute atomic E-state index is 12.7. The van der Waals surface area contributed by atoms with Gasteiger partial charge in [-0.25, -0.2) is 4.98 Å². The summed E-state index contributed by atoms with van der Waals surface area (Å²) in [6.45, 7) is 4.27. The molecule has 29 heavy (non-hydrogen) atoms. The van der Waals surface area contributed by atoms with Gasteiger partial charge in [0.2, 0.25) is 0 Å². The van der Waals surface area contributed by atoms with Crippen LogP contribution in [0.4, 0.5) is 0 Å². The standard InChI is InChI=1S/C22H24N2O3S2/c1-13-3-7-15(8-4-13)17-11-28-21-19(17)20(26)23-22(24-21)29-12-18(25)27-16-9-5-14(2)6-10-16/h3-4,7-8,11,14,16H,5-6,9-10,12H2,1-2H3,(H,23,24,26). The molecule has 2 aromatic heterocycles. The summed E-state index contributed by atoms with van der Waals surface area (Å²) in [5, 5.41) is 3.01. The number of benzene rings is 1. The molecule has 1 saturated carbocycles. The average molecular weight is 429 g/mol. The van der Waals surface area contributed by atoms with E-state index >= 15 is 0 Å². The minimum absolute atomic E-state index is 0.0307. The Kier molecular flexibility index (Phi) is 6.06. The third-order valence-corrected chi connectivity index (χ3v) is 7.09. The smallest absolute Gasteiger partial charge is 0.316 e. The van der Waals surface area contributed by atoms with Crippen LogP contribution in [0.5, 0.6) is 0 Å². The second-order valence-electron chi connectivity index (χ2n) is 7.73. The van der Waals surface area contributed by atoms with Crippen molar-refractivity contribution >= 4 is 39.3 Å². The molecule has 2 heterocycles. The summed E-state index contributed by atoms with van der Waals surface area (Å²) in [5.41, 5.74) is 2.89. The van der Waals surface area contributed by atoms with Gasteiger partial charge >= 0.3 is 5.97 Å². The van der Waals surface area contributed by atoms with Crippen molar-refractivity contribution in [2.24, 2.45) is 5.92 Å². The molecule has 3 aromatic rings. The van der Waals surface area contributed by atoms with Crippen LogP contribution in [0.25, 0.3) is 21.3 Å². The van der Waals surface area contributed by atoms with E-state index in [4.69, 9.17) is 4.74 Å². The van der Waals surface area contributed by atoms with Gasteiger partial charge in [0.1, 0.15) is 10.9 Å². The van der Waals surface area contributed by atoms with Crippen LogP contribution in [0, 0.1) is 12.8 Å². The van der Waals surface area contributed by atoms with Gasteiger partial charge in [-0.2, -0.15) is 0 Å². The first-order valence-corrected chi connectivity index (χ1v) is 11.8. The molecule has 1 fully saturated rings. The molecule has 0 aliphatic heterocycles. The van der Waals surface area contributed by atoms with Gasteiger partial charge in [0.15, 0.2) is 5.16 Å². The van der Waals surface area contributed by atoms with Gasteiger partial charge in [-0.3, -0.25) is 9.59 Å². The number of nitrogens with one attached hydrogen (secondary N) is 1. The molecule has 0 bridgehead atoms. The van der Waals surface area contributed by atoms with Crippen LogP contribution < -0.4 is 5.56 Å². The Labute approximate surface area is 177 Å². The van der Waals surface area contributed by atoms with Gasteiger partial charge in [0, 0.05) is 10.9 Å². The Hall–Kier alpha value is -2.12. The Balaban J connectivity index is 1.44. The zero-order valence-corrected chi connectivity index (χ0v) is 18.2. The van der Waals surface area contributed by atoms with Gasteiger partial charge in [-0.1, -0.05) is 48.5 Å². The number of thioether (sulfide) groups is 1. The summed E-state index contributed by atoms with van der Waals surface area (Å²) >= 11 is 2.66. The molecule has 0 atom stereocenters. The van der Waals surface area contributed by atoms with Crippen LogP contribution >= 0.6 is 23.1 Å². The monoisotopic (exact) mass is 428 g/mol. The van der Waals surface area contributed by atoms with Crippen molar-refractivity contribution in [1.82, 2.24) is 9.97 Å². The number of hydrogen-bond acceptors (Lipinski definition) is 6. The van der Waals surface area contributed by atoms with Crippen LogP contribution in [0.3, 0.4) is 0 Å². The number of aromatic amines is 1. The van der Waals surface area contributed by atoms with Crippen molar-refractivity contribution in [2.75, 3.05) is 5.75 Å². The largest absolute Gasteiger partial charge is 0.462 e. The number of aryl methyl sites for hydroxylation is 1. The summed E-state index contributed by atoms with van der Waals surface area (Å²) in [6, 6.07) is 8.09. The fourth-order valence-corrected chi connectivity index (χ4v) is 5.29. The van der Waals surface area contributed by atoms with E-state index in [0.717, 1.165) is 42.7 Å². The number of carbonyl (C=O) groups excluding carboxylic acids is 1. The van der Waals surface area contributed by atoms with Crippen LogP contribution in [0.2, 0.25) is 0 Å². The Morgan fingerprint density at radius 2 is 1.97 bits per heavy atom. The van der Waals surface area contributed by atoms with Crippen molar-refractivity contribution in [1.29, 1.82) is 0 Å². The van der Waals surface area contributed by atoms with Gasteiger partial charge < -0.3 is 9.72 Å². The second-order valence-corrected chi connectivity index (χ2v) is 9.55. The molecule has 1 aliphatic rings. The first kappa shape index (κ1) is 20.2. The van der Waals surface area contributed by atoms with E-state index in [-0.39, 0.29) is 23.4 Å². The zero-order chi connectivity index (χ0) is 20.4. The fraction of sp³-hybridized carbons (Fsp3) is 0.409. The van der Waals surface area contributed by atoms with E-state index in [0.29, 0.717) is 15.4 Å². The Morgan fingerprint density at radius 1 is 1.24 bits per heavy atom. The predicted molar refractivity (Wildman–Crippen MR) is 119 cm³/mol. The summed E-state index contributed by atoms with van der Waals surface area (Å²) in [4.78, 5) is 32.9. The molecule has 0 radical (unpaired) electrons. The summed E-state index contributed by atoms with van der Waals surface area (Å²) < 4.78 is 5.57. The van der Waals surface area contributed by atoms with Gasteiger partial charge in [-0.05, 0) is 44.1 Å². The molecular formula is C22H24N2O3S2. The van der Waals surface area contributed by atoms with Crippen molar-refractivity contribution < 1.29 is 9.53 Å². The number of ether oxygens (including phenoxy) is 1. The molecule has 0 amide bonds. The minimum Gasteiger partial charge on any atom is -0.462 e. The summed E-state index contributed by atoms with van der Waals surface area (Å²) in [5.74, 6) is 0.621. The van der Waals surface area contributed by atoms with Gasteiger partial charge in [-0.15, -0.1) is 11.3 Å². The molecule has 1 N–H and O–H groups in total. The molecule has 1 aromatic carbocycles. The molecule has 0 saturated heterocycles. The lowest BCUT2D eigenvalue weighted by atomic mass is 9.89. The lowest BCUT2D eigenvalue weighted by molar-refractivity contribution is -0.147. The van der Waals surface area contributed by atoms with Crippen molar-refractivity contribution in [2.45, 2.75) is 50.8 Å². The number of aromatic nitrogens is 2. The van der Waals surface area contributed by atoms with Crippen LogP contribution in [-0.2, 0) is 9.53 Å².